The van der Waals surface area contributed by atoms with Crippen molar-refractivity contribution in [2.24, 2.45) is 0 Å². The Balaban J connectivity index is 1.35. The van der Waals surface area contributed by atoms with Crippen LogP contribution in [0.3, 0.4) is 0 Å². The van der Waals surface area contributed by atoms with Crippen LogP contribution in [-0.4, -0.2) is 23.5 Å². The predicted octanol–water partition coefficient (Wildman–Crippen LogP) is 4.81. The maximum absolute atomic E-state index is 12.0. The Morgan fingerprint density at radius 1 is 1.04 bits per heavy atom. The predicted molar refractivity (Wildman–Crippen MR) is 113 cm³/mol. The molecule has 0 radical (unpaired) electrons. The molecule has 3 rings (SSSR count). The van der Waals surface area contributed by atoms with E-state index in [1.807, 2.05) is 50.2 Å². The highest BCUT2D eigenvalue weighted by Gasteiger charge is 2.11. The van der Waals surface area contributed by atoms with Crippen LogP contribution in [0, 0.1) is 13.8 Å². The number of amides is 1. The molecule has 0 aliphatic rings. The van der Waals surface area contributed by atoms with Crippen molar-refractivity contribution >= 4 is 39.1 Å². The first-order valence-corrected chi connectivity index (χ1v) is 10.2. The Morgan fingerprint density at radius 3 is 2.54 bits per heavy atom. The Morgan fingerprint density at radius 2 is 1.79 bits per heavy atom. The van der Waals surface area contributed by atoms with E-state index in [1.165, 1.54) is 4.70 Å². The summed E-state index contributed by atoms with van der Waals surface area (Å²) in [7, 11) is 0. The first-order valence-electron chi connectivity index (χ1n) is 9.39. The molecule has 0 aliphatic heterocycles. The number of aryl methyl sites for hydroxylation is 3. The fourth-order valence-corrected chi connectivity index (χ4v) is 3.99. The third kappa shape index (κ3) is 5.39. The summed E-state index contributed by atoms with van der Waals surface area (Å²) in [6.45, 7) is 3.60. The number of nitrogens with one attached hydrogen (secondary N) is 1. The van der Waals surface area contributed by atoms with Gasteiger partial charge in [-0.15, -0.1) is 11.3 Å². The molecule has 1 N–H and O–H groups in total. The Hall–Kier alpha value is -2.73. The second kappa shape index (κ2) is 9.46. The minimum Gasteiger partial charge on any atom is -0.456 e. The average molecular weight is 397 g/mol. The number of nitrogens with zero attached hydrogens (tertiary/aromatic N) is 1. The minimum atomic E-state index is -0.346. The summed E-state index contributed by atoms with van der Waals surface area (Å²) in [4.78, 5) is 28.5. The molecule has 0 atom stereocenters. The van der Waals surface area contributed by atoms with E-state index in [-0.39, 0.29) is 18.5 Å². The van der Waals surface area contributed by atoms with E-state index in [0.717, 1.165) is 40.2 Å². The van der Waals surface area contributed by atoms with Gasteiger partial charge in [-0.25, -0.2) is 4.98 Å². The molecule has 0 saturated carbocycles. The number of fused-ring (bicyclic) bond motifs is 1. The smallest absolute Gasteiger partial charge is 0.306 e. The number of aromatic nitrogens is 1. The first-order chi connectivity index (χ1) is 13.5. The lowest BCUT2D eigenvalue weighted by Gasteiger charge is -2.11. The van der Waals surface area contributed by atoms with Crippen LogP contribution < -0.4 is 5.32 Å². The van der Waals surface area contributed by atoms with E-state index in [1.54, 1.807) is 11.3 Å². The summed E-state index contributed by atoms with van der Waals surface area (Å²) in [5.74, 6) is -0.666. The van der Waals surface area contributed by atoms with E-state index >= 15 is 0 Å². The van der Waals surface area contributed by atoms with Gasteiger partial charge >= 0.3 is 5.97 Å². The lowest BCUT2D eigenvalue weighted by atomic mass is 10.1. The summed E-state index contributed by atoms with van der Waals surface area (Å²) >= 11 is 1.69. The van der Waals surface area contributed by atoms with Gasteiger partial charge in [0.1, 0.15) is 0 Å². The molecule has 0 unspecified atom stereocenters. The van der Waals surface area contributed by atoms with Crippen LogP contribution in [-0.2, 0) is 20.7 Å². The summed E-state index contributed by atoms with van der Waals surface area (Å²) in [6, 6.07) is 13.9. The molecule has 0 saturated heterocycles. The molecule has 1 heterocycles. The van der Waals surface area contributed by atoms with Crippen LogP contribution in [0.2, 0.25) is 0 Å². The van der Waals surface area contributed by atoms with Gasteiger partial charge in [-0.05, 0) is 56.4 Å². The van der Waals surface area contributed by atoms with Crippen LogP contribution in [0.4, 0.5) is 5.69 Å². The van der Waals surface area contributed by atoms with Gasteiger partial charge in [0.15, 0.2) is 6.61 Å². The summed E-state index contributed by atoms with van der Waals surface area (Å²) in [5, 5.41) is 3.90. The average Bonchev–Trinajstić information content (AvgIpc) is 3.09. The van der Waals surface area contributed by atoms with Crippen LogP contribution in [0.1, 0.15) is 35.4 Å². The van der Waals surface area contributed by atoms with Crippen LogP contribution in [0.15, 0.2) is 42.5 Å². The monoisotopic (exact) mass is 396 g/mol. The molecule has 3 aromatic rings. The molecule has 28 heavy (non-hydrogen) atoms. The van der Waals surface area contributed by atoms with Gasteiger partial charge in [-0.2, -0.15) is 0 Å². The quantitative estimate of drug-likeness (QED) is 0.438. The Labute approximate surface area is 168 Å². The molecular weight excluding hydrogens is 372 g/mol. The standard InChI is InChI=1S/C22H24N2O3S/c1-15-8-7-9-16(2)22(15)24-19(25)14-27-21(26)13-6-5-12-20-23-17-10-3-4-11-18(17)28-20/h3-4,7-11H,5-6,12-14H2,1-2H3,(H,24,25). The van der Waals surface area contributed by atoms with Crippen LogP contribution in [0.25, 0.3) is 10.2 Å². The molecule has 6 heteroatoms. The van der Waals surface area contributed by atoms with Gasteiger partial charge in [0, 0.05) is 12.1 Å². The van der Waals surface area contributed by atoms with Crippen molar-refractivity contribution < 1.29 is 14.3 Å². The number of anilines is 1. The van der Waals surface area contributed by atoms with Gasteiger partial charge in [-0.1, -0.05) is 30.3 Å². The maximum atomic E-state index is 12.0. The first kappa shape index (κ1) is 20.0. The summed E-state index contributed by atoms with van der Waals surface area (Å²) in [5.41, 5.74) is 3.76. The van der Waals surface area contributed by atoms with E-state index in [2.05, 4.69) is 16.4 Å². The zero-order valence-electron chi connectivity index (χ0n) is 16.2. The molecule has 0 fully saturated rings. The van der Waals surface area contributed by atoms with Gasteiger partial charge in [0.2, 0.25) is 0 Å². The maximum Gasteiger partial charge on any atom is 0.306 e. The number of carbonyl (C=O) groups is 2. The highest BCUT2D eigenvalue weighted by molar-refractivity contribution is 7.18. The number of hydrogen-bond acceptors (Lipinski definition) is 5. The van der Waals surface area contributed by atoms with Crippen LogP contribution in [0.5, 0.6) is 0 Å². The molecule has 0 bridgehead atoms. The Kier molecular flexibility index (Phi) is 6.76. The zero-order chi connectivity index (χ0) is 19.9. The number of para-hydroxylation sites is 2. The highest BCUT2D eigenvalue weighted by atomic mass is 32.1. The van der Waals surface area contributed by atoms with E-state index in [9.17, 15) is 9.59 Å². The Bertz CT molecular complexity index is 928. The number of ether oxygens (including phenoxy) is 1. The van der Waals surface area contributed by atoms with Crippen molar-refractivity contribution in [1.29, 1.82) is 0 Å². The number of carbonyl (C=O) groups excluding carboxylic acids is 2. The topological polar surface area (TPSA) is 68.3 Å². The van der Waals surface area contributed by atoms with E-state index in [0.29, 0.717) is 12.8 Å². The SMILES string of the molecule is Cc1cccc(C)c1NC(=O)COC(=O)CCCCc1nc2ccccc2s1. The third-order valence-corrected chi connectivity index (χ3v) is 5.57. The largest absolute Gasteiger partial charge is 0.456 e. The normalized spacial score (nSPS) is 10.8. The van der Waals surface area contributed by atoms with Crippen LogP contribution >= 0.6 is 11.3 Å². The van der Waals surface area contributed by atoms with Crippen molar-refractivity contribution in [1.82, 2.24) is 4.98 Å². The number of thiazole rings is 1. The summed E-state index contributed by atoms with van der Waals surface area (Å²) in [6.07, 6.45) is 2.73. The van der Waals surface area contributed by atoms with Crippen molar-refractivity contribution in [3.05, 3.63) is 58.6 Å². The summed E-state index contributed by atoms with van der Waals surface area (Å²) < 4.78 is 6.28. The van der Waals surface area contributed by atoms with Crippen molar-refractivity contribution in [2.45, 2.75) is 39.5 Å². The number of esters is 1. The van der Waals surface area contributed by atoms with Gasteiger partial charge in [0.25, 0.3) is 5.91 Å². The van der Waals surface area contributed by atoms with Crippen molar-refractivity contribution in [3.63, 3.8) is 0 Å². The fourth-order valence-electron chi connectivity index (χ4n) is 2.98. The molecule has 5 nitrogen and oxygen atoms in total. The number of unbranched alkanes of at least 4 members (excludes halogenated alkanes) is 1. The second-order valence-electron chi connectivity index (χ2n) is 6.76. The number of rotatable bonds is 8. The molecule has 2 aromatic carbocycles. The molecular formula is C22H24N2O3S. The lowest BCUT2D eigenvalue weighted by molar-refractivity contribution is -0.147. The van der Waals surface area contributed by atoms with E-state index in [4.69, 9.17) is 4.74 Å². The molecule has 146 valence electrons. The third-order valence-electron chi connectivity index (χ3n) is 4.47. The van der Waals surface area contributed by atoms with Crippen molar-refractivity contribution in [2.75, 3.05) is 11.9 Å². The molecule has 1 amide bonds. The fraction of sp³-hybridized carbons (Fsp3) is 0.318. The highest BCUT2D eigenvalue weighted by Crippen LogP contribution is 2.23. The lowest BCUT2D eigenvalue weighted by Crippen LogP contribution is -2.21. The van der Waals surface area contributed by atoms with Gasteiger partial charge in [-0.3, -0.25) is 9.59 Å². The van der Waals surface area contributed by atoms with Gasteiger partial charge < -0.3 is 10.1 Å². The second-order valence-corrected chi connectivity index (χ2v) is 7.87. The molecule has 0 aliphatic carbocycles. The molecule has 0 spiro atoms. The minimum absolute atomic E-state index is 0.259. The zero-order valence-corrected chi connectivity index (χ0v) is 17.0. The van der Waals surface area contributed by atoms with Gasteiger partial charge in [0.05, 0.1) is 15.2 Å². The van der Waals surface area contributed by atoms with E-state index < -0.39 is 0 Å². The number of hydrogen-bond donors (Lipinski definition) is 1. The van der Waals surface area contributed by atoms with Crippen molar-refractivity contribution in [3.8, 4) is 0 Å². The number of benzene rings is 2. The molecule has 1 aromatic heterocycles.